The van der Waals surface area contributed by atoms with Gasteiger partial charge in [-0.1, -0.05) is 6.07 Å². The first kappa shape index (κ1) is 18.0. The molecule has 1 aliphatic rings. The molecule has 0 aliphatic carbocycles. The quantitative estimate of drug-likeness (QED) is 0.820. The van der Waals surface area contributed by atoms with E-state index >= 15 is 0 Å². The Morgan fingerprint density at radius 1 is 1.19 bits per heavy atom. The molecule has 0 N–H and O–H groups in total. The summed E-state index contributed by atoms with van der Waals surface area (Å²) in [4.78, 5) is 32.8. The first-order valence-corrected chi connectivity index (χ1v) is 8.77. The SMILES string of the molecule is COc1cccc(C(=O)N2CCN(C(=O)CC(C)n3ccnc3)CC2)c1. The van der Waals surface area contributed by atoms with Crippen LogP contribution in [0, 0.1) is 0 Å². The van der Waals surface area contributed by atoms with Gasteiger partial charge in [-0.25, -0.2) is 4.98 Å². The molecule has 1 aromatic carbocycles. The molecule has 1 atom stereocenters. The van der Waals surface area contributed by atoms with Crippen LogP contribution in [0.25, 0.3) is 0 Å². The zero-order valence-corrected chi connectivity index (χ0v) is 15.2. The van der Waals surface area contributed by atoms with Crippen molar-refractivity contribution in [3.8, 4) is 5.75 Å². The highest BCUT2D eigenvalue weighted by Crippen LogP contribution is 2.17. The standard InChI is InChI=1S/C19H24N4O3/c1-15(23-7-6-20-14-23)12-18(24)21-8-10-22(11-9-21)19(25)16-4-3-5-17(13-16)26-2/h3-7,13-15H,8-12H2,1-2H3. The number of carbonyl (C=O) groups is 2. The lowest BCUT2D eigenvalue weighted by atomic mass is 10.1. The number of piperazine rings is 1. The van der Waals surface area contributed by atoms with Crippen LogP contribution in [0.15, 0.2) is 43.0 Å². The van der Waals surface area contributed by atoms with Gasteiger partial charge in [-0.3, -0.25) is 9.59 Å². The number of aromatic nitrogens is 2. The third-order valence-electron chi connectivity index (χ3n) is 4.74. The van der Waals surface area contributed by atoms with Gasteiger partial charge < -0.3 is 19.1 Å². The molecule has 7 nitrogen and oxygen atoms in total. The van der Waals surface area contributed by atoms with Crippen molar-refractivity contribution in [3.05, 3.63) is 48.5 Å². The molecule has 0 bridgehead atoms. The largest absolute Gasteiger partial charge is 0.497 e. The van der Waals surface area contributed by atoms with Crippen molar-refractivity contribution in [1.82, 2.24) is 19.4 Å². The van der Waals surface area contributed by atoms with Crippen LogP contribution in [-0.4, -0.2) is 64.5 Å². The van der Waals surface area contributed by atoms with E-state index in [0.29, 0.717) is 43.9 Å². The molecule has 1 unspecified atom stereocenters. The highest BCUT2D eigenvalue weighted by molar-refractivity contribution is 5.94. The maximum Gasteiger partial charge on any atom is 0.254 e. The maximum absolute atomic E-state index is 12.6. The monoisotopic (exact) mass is 356 g/mol. The number of methoxy groups -OCH3 is 1. The summed E-state index contributed by atoms with van der Waals surface area (Å²) in [7, 11) is 1.58. The van der Waals surface area contributed by atoms with E-state index in [4.69, 9.17) is 4.74 Å². The van der Waals surface area contributed by atoms with Gasteiger partial charge in [0.2, 0.25) is 5.91 Å². The van der Waals surface area contributed by atoms with Crippen molar-refractivity contribution in [2.24, 2.45) is 0 Å². The average Bonchev–Trinajstić information content (AvgIpc) is 3.22. The van der Waals surface area contributed by atoms with E-state index in [0.717, 1.165) is 0 Å². The number of hydrogen-bond donors (Lipinski definition) is 0. The third kappa shape index (κ3) is 4.04. The molecule has 7 heteroatoms. The minimum absolute atomic E-state index is 0.0252. The summed E-state index contributed by atoms with van der Waals surface area (Å²) in [6, 6.07) is 7.22. The zero-order chi connectivity index (χ0) is 18.5. The lowest BCUT2D eigenvalue weighted by Crippen LogP contribution is -2.50. The molecule has 0 saturated carbocycles. The van der Waals surface area contributed by atoms with Crippen LogP contribution in [0.5, 0.6) is 5.75 Å². The van der Waals surface area contributed by atoms with Gasteiger partial charge in [0.25, 0.3) is 5.91 Å². The van der Waals surface area contributed by atoms with Crippen molar-refractivity contribution < 1.29 is 14.3 Å². The predicted octanol–water partition coefficient (Wildman–Crippen LogP) is 1.83. The summed E-state index contributed by atoms with van der Waals surface area (Å²) < 4.78 is 7.11. The van der Waals surface area contributed by atoms with Crippen LogP contribution in [0.3, 0.4) is 0 Å². The molecule has 1 fully saturated rings. The van der Waals surface area contributed by atoms with Crippen LogP contribution in [0.1, 0.15) is 29.7 Å². The molecular weight excluding hydrogens is 332 g/mol. The van der Waals surface area contributed by atoms with Crippen LogP contribution < -0.4 is 4.74 Å². The van der Waals surface area contributed by atoms with Gasteiger partial charge in [0.15, 0.2) is 0 Å². The fourth-order valence-electron chi connectivity index (χ4n) is 3.11. The Morgan fingerprint density at radius 3 is 2.58 bits per heavy atom. The van der Waals surface area contributed by atoms with Crippen molar-refractivity contribution in [2.45, 2.75) is 19.4 Å². The van der Waals surface area contributed by atoms with Gasteiger partial charge in [0, 0.05) is 56.6 Å². The Morgan fingerprint density at radius 2 is 1.92 bits per heavy atom. The summed E-state index contributed by atoms with van der Waals surface area (Å²) in [5.41, 5.74) is 0.609. The number of benzene rings is 1. The number of carbonyl (C=O) groups excluding carboxylic acids is 2. The lowest BCUT2D eigenvalue weighted by molar-refractivity contribution is -0.133. The molecule has 138 valence electrons. The Hall–Kier alpha value is -2.83. The lowest BCUT2D eigenvalue weighted by Gasteiger charge is -2.35. The molecule has 1 saturated heterocycles. The number of imidazole rings is 1. The Bertz CT molecular complexity index is 752. The van der Waals surface area contributed by atoms with Gasteiger partial charge >= 0.3 is 0 Å². The highest BCUT2D eigenvalue weighted by atomic mass is 16.5. The predicted molar refractivity (Wildman–Crippen MR) is 97.0 cm³/mol. The van der Waals surface area contributed by atoms with Crippen molar-refractivity contribution in [1.29, 1.82) is 0 Å². The zero-order valence-electron chi connectivity index (χ0n) is 15.2. The molecule has 2 aromatic rings. The van der Waals surface area contributed by atoms with E-state index in [1.807, 2.05) is 34.7 Å². The second-order valence-electron chi connectivity index (χ2n) is 6.47. The summed E-state index contributed by atoms with van der Waals surface area (Å²) in [5, 5.41) is 0. The van der Waals surface area contributed by atoms with Crippen molar-refractivity contribution in [3.63, 3.8) is 0 Å². The number of nitrogens with zero attached hydrogens (tertiary/aromatic N) is 4. The van der Waals surface area contributed by atoms with Gasteiger partial charge in [-0.05, 0) is 25.1 Å². The molecule has 0 radical (unpaired) electrons. The van der Waals surface area contributed by atoms with Gasteiger partial charge in [-0.15, -0.1) is 0 Å². The second-order valence-corrected chi connectivity index (χ2v) is 6.47. The fourth-order valence-corrected chi connectivity index (χ4v) is 3.11. The van der Waals surface area contributed by atoms with Crippen LogP contribution in [-0.2, 0) is 4.79 Å². The number of ether oxygens (including phenoxy) is 1. The second kappa shape index (κ2) is 8.03. The maximum atomic E-state index is 12.6. The van der Waals surface area contributed by atoms with E-state index < -0.39 is 0 Å². The Kier molecular flexibility index (Phi) is 5.55. The number of amides is 2. The van der Waals surface area contributed by atoms with Crippen LogP contribution in [0.2, 0.25) is 0 Å². The molecule has 0 spiro atoms. The third-order valence-corrected chi connectivity index (χ3v) is 4.74. The number of rotatable bonds is 5. The highest BCUT2D eigenvalue weighted by Gasteiger charge is 2.25. The summed E-state index contributed by atoms with van der Waals surface area (Å²) in [6.07, 6.45) is 5.73. The Balaban J connectivity index is 1.53. The Labute approximate surface area is 153 Å². The summed E-state index contributed by atoms with van der Waals surface area (Å²) in [5.74, 6) is 0.751. The topological polar surface area (TPSA) is 67.7 Å². The minimum Gasteiger partial charge on any atom is -0.497 e. The van der Waals surface area contributed by atoms with E-state index in [9.17, 15) is 9.59 Å². The van der Waals surface area contributed by atoms with E-state index in [1.54, 1.807) is 36.7 Å². The normalized spacial score (nSPS) is 15.6. The van der Waals surface area contributed by atoms with E-state index in [1.165, 1.54) is 0 Å². The summed E-state index contributed by atoms with van der Waals surface area (Å²) >= 11 is 0. The molecule has 3 rings (SSSR count). The molecule has 2 heterocycles. The number of hydrogen-bond acceptors (Lipinski definition) is 4. The van der Waals surface area contributed by atoms with E-state index in [2.05, 4.69) is 4.98 Å². The molecule has 26 heavy (non-hydrogen) atoms. The molecule has 1 aliphatic heterocycles. The molecule has 1 aromatic heterocycles. The van der Waals surface area contributed by atoms with Gasteiger partial charge in [-0.2, -0.15) is 0 Å². The molecular formula is C19H24N4O3. The fraction of sp³-hybridized carbons (Fsp3) is 0.421. The van der Waals surface area contributed by atoms with E-state index in [-0.39, 0.29) is 17.9 Å². The van der Waals surface area contributed by atoms with Gasteiger partial charge in [0.05, 0.1) is 13.4 Å². The smallest absolute Gasteiger partial charge is 0.254 e. The van der Waals surface area contributed by atoms with Crippen molar-refractivity contribution in [2.75, 3.05) is 33.3 Å². The first-order chi connectivity index (χ1) is 12.6. The van der Waals surface area contributed by atoms with Crippen LogP contribution in [0.4, 0.5) is 0 Å². The van der Waals surface area contributed by atoms with Crippen molar-refractivity contribution >= 4 is 11.8 Å². The van der Waals surface area contributed by atoms with Gasteiger partial charge in [0.1, 0.15) is 5.75 Å². The van der Waals surface area contributed by atoms with Crippen LogP contribution >= 0.6 is 0 Å². The average molecular weight is 356 g/mol. The minimum atomic E-state index is -0.0252. The first-order valence-electron chi connectivity index (χ1n) is 8.77. The molecule has 2 amide bonds. The summed E-state index contributed by atoms with van der Waals surface area (Å²) in [6.45, 7) is 4.21.